The molecule has 0 spiro atoms. The normalized spacial score (nSPS) is 20.4. The minimum atomic E-state index is -2.80. The molecule has 0 aromatic heterocycles. The van der Waals surface area contributed by atoms with Crippen LogP contribution in [0.2, 0.25) is 0 Å². The van der Waals surface area contributed by atoms with Crippen molar-refractivity contribution in [2.24, 2.45) is 5.92 Å². The van der Waals surface area contributed by atoms with Crippen LogP contribution in [0.5, 0.6) is 5.75 Å². The van der Waals surface area contributed by atoms with Crippen LogP contribution in [0.25, 0.3) is 0 Å². The highest BCUT2D eigenvalue weighted by Crippen LogP contribution is 2.39. The predicted molar refractivity (Wildman–Crippen MR) is 98.3 cm³/mol. The van der Waals surface area contributed by atoms with Gasteiger partial charge in [-0.05, 0) is 24.8 Å². The molecule has 0 bridgehead atoms. The van der Waals surface area contributed by atoms with E-state index in [4.69, 9.17) is 9.47 Å². The number of nitrogens with one attached hydrogen (secondary N) is 1. The zero-order valence-corrected chi connectivity index (χ0v) is 15.7. The molecule has 0 saturated carbocycles. The van der Waals surface area contributed by atoms with E-state index in [2.05, 4.69) is 10.2 Å². The van der Waals surface area contributed by atoms with Crippen LogP contribution in [0, 0.1) is 5.92 Å². The summed E-state index contributed by atoms with van der Waals surface area (Å²) in [7, 11) is 0. The lowest BCUT2D eigenvalue weighted by Crippen LogP contribution is -2.47. The second-order valence-corrected chi connectivity index (χ2v) is 6.10. The number of hydrogen-bond donors (Lipinski definition) is 1. The summed E-state index contributed by atoms with van der Waals surface area (Å²) in [6.45, 7) is 2.39. The Labute approximate surface area is 160 Å². The maximum atomic E-state index is 12.8. The molecular weight excluding hydrogens is 373 g/mol. The number of piperazine rings is 1. The van der Waals surface area contributed by atoms with Crippen molar-refractivity contribution >= 4 is 24.8 Å². The molecule has 2 aliphatic rings. The third kappa shape index (κ3) is 5.93. The fourth-order valence-corrected chi connectivity index (χ4v) is 3.67. The predicted octanol–water partition coefficient (Wildman–Crippen LogP) is 3.50. The number of rotatable bonds is 5. The molecule has 25 heavy (non-hydrogen) atoms. The first-order valence-corrected chi connectivity index (χ1v) is 8.32. The zero-order valence-electron chi connectivity index (χ0n) is 14.0. The molecule has 144 valence electrons. The van der Waals surface area contributed by atoms with Crippen molar-refractivity contribution in [3.05, 3.63) is 29.8 Å². The fraction of sp³-hybridized carbons (Fsp3) is 0.647. The Balaban J connectivity index is 0.00000156. The molecule has 2 fully saturated rings. The quantitative estimate of drug-likeness (QED) is 0.822. The second kappa shape index (κ2) is 11.1. The van der Waals surface area contributed by atoms with E-state index in [1.807, 2.05) is 12.1 Å². The summed E-state index contributed by atoms with van der Waals surface area (Å²) >= 11 is 0. The highest BCUT2D eigenvalue weighted by molar-refractivity contribution is 5.85. The Morgan fingerprint density at radius 3 is 2.36 bits per heavy atom. The largest absolute Gasteiger partial charge is 0.434 e. The number of benzene rings is 1. The van der Waals surface area contributed by atoms with Gasteiger partial charge in [0.1, 0.15) is 5.75 Å². The van der Waals surface area contributed by atoms with E-state index in [1.165, 1.54) is 0 Å². The van der Waals surface area contributed by atoms with Gasteiger partial charge in [-0.25, -0.2) is 0 Å². The monoisotopic (exact) mass is 398 g/mol. The first-order chi connectivity index (χ1) is 11.3. The van der Waals surface area contributed by atoms with Gasteiger partial charge in [-0.15, -0.1) is 24.8 Å². The molecule has 2 heterocycles. The van der Waals surface area contributed by atoms with Crippen molar-refractivity contribution in [3.8, 4) is 5.75 Å². The van der Waals surface area contributed by atoms with E-state index in [0.29, 0.717) is 11.7 Å². The van der Waals surface area contributed by atoms with Crippen LogP contribution in [-0.2, 0) is 4.74 Å². The summed E-state index contributed by atoms with van der Waals surface area (Å²) < 4.78 is 35.9. The molecule has 0 amide bonds. The molecule has 1 aromatic rings. The lowest BCUT2D eigenvalue weighted by Gasteiger charge is -2.41. The van der Waals surface area contributed by atoms with Gasteiger partial charge in [0.25, 0.3) is 0 Å². The van der Waals surface area contributed by atoms with Gasteiger partial charge in [-0.2, -0.15) is 8.78 Å². The molecule has 1 N–H and O–H groups in total. The average molecular weight is 399 g/mol. The summed E-state index contributed by atoms with van der Waals surface area (Å²) in [6.07, 6.45) is 1.91. The van der Waals surface area contributed by atoms with E-state index in [1.54, 1.807) is 12.1 Å². The Kier molecular flexibility index (Phi) is 9.97. The van der Waals surface area contributed by atoms with Gasteiger partial charge in [-0.3, -0.25) is 4.90 Å². The molecule has 1 aromatic carbocycles. The first-order valence-electron chi connectivity index (χ1n) is 8.32. The smallest absolute Gasteiger partial charge is 0.387 e. The number of ether oxygens (including phenoxy) is 2. The molecule has 0 aliphatic carbocycles. The number of halogens is 4. The maximum absolute atomic E-state index is 12.8. The summed E-state index contributed by atoms with van der Waals surface area (Å²) in [5.74, 6) is 0.710. The number of hydrogen-bond acceptors (Lipinski definition) is 4. The van der Waals surface area contributed by atoms with Crippen LogP contribution in [-0.4, -0.2) is 50.9 Å². The highest BCUT2D eigenvalue weighted by Gasteiger charge is 2.33. The summed E-state index contributed by atoms with van der Waals surface area (Å²) in [6, 6.07) is 7.34. The SMILES string of the molecule is Cl.Cl.FC(F)Oc1ccccc1[C@@H](C1CCOCC1)N1CCNCC1. The van der Waals surface area contributed by atoms with Gasteiger partial charge in [0, 0.05) is 51.0 Å². The molecule has 4 nitrogen and oxygen atoms in total. The molecule has 0 radical (unpaired) electrons. The van der Waals surface area contributed by atoms with E-state index in [9.17, 15) is 8.78 Å². The second-order valence-electron chi connectivity index (χ2n) is 6.10. The van der Waals surface area contributed by atoms with Gasteiger partial charge in [0.05, 0.1) is 0 Å². The van der Waals surface area contributed by atoms with Crippen LogP contribution < -0.4 is 10.1 Å². The average Bonchev–Trinajstić information content (AvgIpc) is 2.58. The number of nitrogens with zero attached hydrogens (tertiary/aromatic N) is 1. The highest BCUT2D eigenvalue weighted by atomic mass is 35.5. The van der Waals surface area contributed by atoms with Crippen molar-refractivity contribution in [2.75, 3.05) is 39.4 Å². The molecule has 2 aliphatic heterocycles. The van der Waals surface area contributed by atoms with Crippen molar-refractivity contribution in [2.45, 2.75) is 25.5 Å². The van der Waals surface area contributed by atoms with E-state index < -0.39 is 6.61 Å². The Morgan fingerprint density at radius 1 is 1.08 bits per heavy atom. The van der Waals surface area contributed by atoms with Crippen LogP contribution in [0.3, 0.4) is 0 Å². The van der Waals surface area contributed by atoms with Gasteiger partial charge in [0.15, 0.2) is 0 Å². The summed E-state index contributed by atoms with van der Waals surface area (Å²) in [5, 5.41) is 3.35. The van der Waals surface area contributed by atoms with Crippen LogP contribution in [0.1, 0.15) is 24.4 Å². The van der Waals surface area contributed by atoms with Gasteiger partial charge in [0.2, 0.25) is 0 Å². The van der Waals surface area contributed by atoms with Gasteiger partial charge in [-0.1, -0.05) is 18.2 Å². The zero-order chi connectivity index (χ0) is 16.1. The minimum absolute atomic E-state index is 0. The Bertz CT molecular complexity index is 481. The summed E-state index contributed by atoms with van der Waals surface area (Å²) in [5.41, 5.74) is 0.876. The molecule has 1 atom stereocenters. The molecular formula is C17H26Cl2F2N2O2. The van der Waals surface area contributed by atoms with Gasteiger partial charge < -0.3 is 14.8 Å². The van der Waals surface area contributed by atoms with E-state index >= 15 is 0 Å². The third-order valence-corrected chi connectivity index (χ3v) is 4.71. The van der Waals surface area contributed by atoms with Crippen molar-refractivity contribution in [1.29, 1.82) is 0 Å². The Morgan fingerprint density at radius 2 is 1.72 bits per heavy atom. The van der Waals surface area contributed by atoms with Gasteiger partial charge >= 0.3 is 6.61 Å². The van der Waals surface area contributed by atoms with Crippen LogP contribution in [0.4, 0.5) is 8.78 Å². The third-order valence-electron chi connectivity index (χ3n) is 4.71. The molecule has 0 unspecified atom stereocenters. The fourth-order valence-electron chi connectivity index (χ4n) is 3.67. The van der Waals surface area contributed by atoms with Crippen molar-refractivity contribution < 1.29 is 18.3 Å². The van der Waals surface area contributed by atoms with Crippen LogP contribution in [0.15, 0.2) is 24.3 Å². The topological polar surface area (TPSA) is 33.7 Å². The van der Waals surface area contributed by atoms with Crippen LogP contribution >= 0.6 is 24.8 Å². The number of para-hydroxylation sites is 1. The first kappa shape index (κ1) is 22.4. The van der Waals surface area contributed by atoms with E-state index in [-0.39, 0.29) is 30.9 Å². The van der Waals surface area contributed by atoms with E-state index in [0.717, 1.165) is 57.8 Å². The lowest BCUT2D eigenvalue weighted by molar-refractivity contribution is -0.0524. The minimum Gasteiger partial charge on any atom is -0.434 e. The molecule has 8 heteroatoms. The molecule has 3 rings (SSSR count). The van der Waals surface area contributed by atoms with Crippen molar-refractivity contribution in [1.82, 2.24) is 10.2 Å². The maximum Gasteiger partial charge on any atom is 0.387 e. The Hall–Kier alpha value is -0.660. The molecule has 2 saturated heterocycles. The number of alkyl halides is 2. The standard InChI is InChI=1S/C17H24F2N2O2.2ClH/c18-17(19)23-15-4-2-1-3-14(15)16(13-5-11-22-12-6-13)21-9-7-20-8-10-21;;/h1-4,13,16-17,20H,5-12H2;2*1H/t16-;;/m1../s1. The lowest BCUT2D eigenvalue weighted by atomic mass is 9.85. The van der Waals surface area contributed by atoms with Crippen molar-refractivity contribution in [3.63, 3.8) is 0 Å². The summed E-state index contributed by atoms with van der Waals surface area (Å²) in [4.78, 5) is 2.40.